The molecular formula is C36H37N5O4. The highest BCUT2D eigenvalue weighted by atomic mass is 16.3. The number of carbonyl (C=O) groups is 3. The first-order valence-corrected chi connectivity index (χ1v) is 15.3. The van der Waals surface area contributed by atoms with Crippen LogP contribution in [0.2, 0.25) is 0 Å². The van der Waals surface area contributed by atoms with Gasteiger partial charge in [0.1, 0.15) is 18.0 Å². The van der Waals surface area contributed by atoms with Gasteiger partial charge < -0.3 is 14.9 Å². The maximum Gasteiger partial charge on any atom is 0.246 e. The fourth-order valence-electron chi connectivity index (χ4n) is 6.57. The number of phenols is 1. The van der Waals surface area contributed by atoms with Gasteiger partial charge in [0.05, 0.1) is 24.6 Å². The van der Waals surface area contributed by atoms with Crippen molar-refractivity contribution in [2.45, 2.75) is 44.4 Å². The molecule has 3 heterocycles. The highest BCUT2D eigenvalue weighted by molar-refractivity contribution is 5.92. The molecule has 2 saturated heterocycles. The minimum Gasteiger partial charge on any atom is -0.508 e. The third-order valence-electron chi connectivity index (χ3n) is 8.79. The smallest absolute Gasteiger partial charge is 0.246 e. The van der Waals surface area contributed by atoms with E-state index in [1.807, 2.05) is 67.6 Å². The minimum atomic E-state index is -0.846. The molecule has 0 spiro atoms. The van der Waals surface area contributed by atoms with Crippen LogP contribution in [0, 0.1) is 0 Å². The number of carbonyl (C=O) groups excluding carboxylic acids is 3. The fourth-order valence-corrected chi connectivity index (χ4v) is 6.57. The van der Waals surface area contributed by atoms with E-state index in [1.54, 1.807) is 56.4 Å². The lowest BCUT2D eigenvalue weighted by Crippen LogP contribution is -2.76. The average Bonchev–Trinajstić information content (AvgIpc) is 3.06. The van der Waals surface area contributed by atoms with Crippen molar-refractivity contribution >= 4 is 28.6 Å². The van der Waals surface area contributed by atoms with E-state index in [9.17, 15) is 19.5 Å². The third-order valence-corrected chi connectivity index (χ3v) is 8.79. The molecule has 0 radical (unpaired) electrons. The van der Waals surface area contributed by atoms with E-state index >= 15 is 0 Å². The zero-order valence-corrected chi connectivity index (χ0v) is 25.3. The van der Waals surface area contributed by atoms with Gasteiger partial charge in [-0.15, -0.1) is 6.58 Å². The summed E-state index contributed by atoms with van der Waals surface area (Å²) in [6.07, 6.45) is 3.76. The number of hydrogen-bond donors (Lipinski definition) is 1. The Balaban J connectivity index is 1.40. The predicted octanol–water partition coefficient (Wildman–Crippen LogP) is 4.49. The molecule has 2 aliphatic heterocycles. The lowest BCUT2D eigenvalue weighted by Gasteiger charge is -2.56. The van der Waals surface area contributed by atoms with Crippen LogP contribution in [0.4, 0.5) is 0 Å². The Hall–Kier alpha value is -5.02. The van der Waals surface area contributed by atoms with Crippen molar-refractivity contribution in [2.75, 3.05) is 19.6 Å². The maximum atomic E-state index is 14.5. The van der Waals surface area contributed by atoms with Gasteiger partial charge in [-0.05, 0) is 42.7 Å². The van der Waals surface area contributed by atoms with Crippen LogP contribution >= 0.6 is 0 Å². The molecule has 2 aliphatic rings. The number of hydrogen-bond acceptors (Lipinski definition) is 6. The Kier molecular flexibility index (Phi) is 8.62. The highest BCUT2D eigenvalue weighted by Crippen LogP contribution is 2.35. The molecule has 45 heavy (non-hydrogen) atoms. The number of aromatic hydroxyl groups is 1. The number of rotatable bonds is 9. The second-order valence-corrected chi connectivity index (χ2v) is 11.6. The Morgan fingerprint density at radius 3 is 2.51 bits per heavy atom. The summed E-state index contributed by atoms with van der Waals surface area (Å²) < 4.78 is 0. The summed E-state index contributed by atoms with van der Waals surface area (Å²) in [6, 6.07) is 25.1. The van der Waals surface area contributed by atoms with Gasteiger partial charge in [-0.3, -0.25) is 19.4 Å². The number of aromatic nitrogens is 1. The monoisotopic (exact) mass is 603 g/mol. The molecule has 9 heteroatoms. The normalized spacial score (nSPS) is 19.4. The number of aryl methyl sites for hydroxylation is 1. The van der Waals surface area contributed by atoms with Crippen molar-refractivity contribution in [3.8, 4) is 5.75 Å². The van der Waals surface area contributed by atoms with E-state index in [-0.39, 0.29) is 55.4 Å². The van der Waals surface area contributed by atoms with Crippen molar-refractivity contribution < 1.29 is 19.5 Å². The molecule has 6 rings (SSSR count). The van der Waals surface area contributed by atoms with E-state index in [1.165, 1.54) is 0 Å². The summed E-state index contributed by atoms with van der Waals surface area (Å²) in [5.41, 5.74) is 3.55. The number of para-hydroxylation sites is 1. The number of fused-ring (bicyclic) bond motifs is 2. The number of benzene rings is 3. The quantitative estimate of drug-likeness (QED) is 0.283. The van der Waals surface area contributed by atoms with Crippen molar-refractivity contribution in [3.05, 3.63) is 120 Å². The molecule has 4 aromatic rings. The number of phenolic OH excluding ortho intramolecular Hbond substituents is 1. The van der Waals surface area contributed by atoms with Gasteiger partial charge in [0.2, 0.25) is 17.7 Å². The second-order valence-electron chi connectivity index (χ2n) is 11.6. The summed E-state index contributed by atoms with van der Waals surface area (Å²) in [4.78, 5) is 50.5. The molecule has 0 bridgehead atoms. The Labute approximate surface area is 263 Å². The second kappa shape index (κ2) is 12.9. The first kappa shape index (κ1) is 30.0. The standard InChI is InChI=1S/C36H37N5O4/c1-3-21-38-24-34(44)40-31(22-27-14-17-29(42)18-15-27)36(45)39(25(2)30-13-7-11-28-12-8-20-37-35(28)30)23-32(40)41(38)33(43)19-16-26-9-5-4-6-10-26/h3-15,17-18,20,25,31-32,42H,1,16,19,21-24H2,2H3/t25-,31+,32-/m1/s1. The molecule has 3 amide bonds. The number of piperazine rings is 1. The van der Waals surface area contributed by atoms with Crippen molar-refractivity contribution in [2.24, 2.45) is 0 Å². The topological polar surface area (TPSA) is 97.3 Å². The fraction of sp³-hybridized carbons (Fsp3) is 0.278. The molecule has 230 valence electrons. The highest BCUT2D eigenvalue weighted by Gasteiger charge is 2.52. The lowest BCUT2D eigenvalue weighted by molar-refractivity contribution is -0.206. The van der Waals surface area contributed by atoms with Gasteiger partial charge >= 0.3 is 0 Å². The van der Waals surface area contributed by atoms with Gasteiger partial charge in [0.25, 0.3) is 0 Å². The van der Waals surface area contributed by atoms with Gasteiger partial charge in [-0.2, -0.15) is 0 Å². The first-order chi connectivity index (χ1) is 21.9. The number of amides is 3. The van der Waals surface area contributed by atoms with Crippen molar-refractivity contribution in [3.63, 3.8) is 0 Å². The molecule has 3 atom stereocenters. The zero-order valence-electron chi connectivity index (χ0n) is 25.3. The van der Waals surface area contributed by atoms with Crippen LogP contribution in [0.15, 0.2) is 104 Å². The molecule has 9 nitrogen and oxygen atoms in total. The molecule has 1 aromatic heterocycles. The number of hydrazine groups is 1. The predicted molar refractivity (Wildman–Crippen MR) is 171 cm³/mol. The van der Waals surface area contributed by atoms with E-state index in [2.05, 4.69) is 11.6 Å². The van der Waals surface area contributed by atoms with Crippen LogP contribution in [0.5, 0.6) is 5.75 Å². The van der Waals surface area contributed by atoms with E-state index < -0.39 is 12.2 Å². The number of pyridine rings is 1. The minimum absolute atomic E-state index is 0.0399. The van der Waals surface area contributed by atoms with Crippen molar-refractivity contribution in [1.82, 2.24) is 24.8 Å². The lowest BCUT2D eigenvalue weighted by atomic mass is 9.95. The van der Waals surface area contributed by atoms with Gasteiger partial charge in [0, 0.05) is 36.5 Å². The average molecular weight is 604 g/mol. The largest absolute Gasteiger partial charge is 0.508 e. The Bertz CT molecular complexity index is 1700. The van der Waals surface area contributed by atoms with Gasteiger partial charge in [0.15, 0.2) is 0 Å². The summed E-state index contributed by atoms with van der Waals surface area (Å²) in [7, 11) is 0. The molecule has 2 fully saturated rings. The van der Waals surface area contributed by atoms with Crippen LogP contribution < -0.4 is 0 Å². The third kappa shape index (κ3) is 6.04. The van der Waals surface area contributed by atoms with Crippen LogP contribution in [0.3, 0.4) is 0 Å². The Morgan fingerprint density at radius 1 is 1.00 bits per heavy atom. The summed E-state index contributed by atoms with van der Waals surface area (Å²) in [6.45, 7) is 6.27. The first-order valence-electron chi connectivity index (χ1n) is 15.3. The van der Waals surface area contributed by atoms with E-state index in [4.69, 9.17) is 0 Å². The maximum absolute atomic E-state index is 14.5. The van der Waals surface area contributed by atoms with E-state index in [0.717, 1.165) is 27.6 Å². The molecule has 0 unspecified atom stereocenters. The van der Waals surface area contributed by atoms with Gasteiger partial charge in [-0.25, -0.2) is 10.0 Å². The molecule has 1 N–H and O–H groups in total. The molecule has 0 saturated carbocycles. The molecule has 0 aliphatic carbocycles. The van der Waals surface area contributed by atoms with Crippen molar-refractivity contribution in [1.29, 1.82) is 0 Å². The van der Waals surface area contributed by atoms with Crippen LogP contribution in [-0.2, 0) is 27.2 Å². The summed E-state index contributed by atoms with van der Waals surface area (Å²) >= 11 is 0. The Morgan fingerprint density at radius 2 is 1.76 bits per heavy atom. The zero-order chi connectivity index (χ0) is 31.5. The van der Waals surface area contributed by atoms with Crippen LogP contribution in [0.1, 0.15) is 36.1 Å². The van der Waals surface area contributed by atoms with Crippen LogP contribution in [-0.4, -0.2) is 79.5 Å². The van der Waals surface area contributed by atoms with E-state index in [0.29, 0.717) is 13.0 Å². The van der Waals surface area contributed by atoms with Gasteiger partial charge in [-0.1, -0.05) is 72.8 Å². The summed E-state index contributed by atoms with van der Waals surface area (Å²) in [5, 5.41) is 14.3. The van der Waals surface area contributed by atoms with Crippen LogP contribution in [0.25, 0.3) is 10.9 Å². The number of nitrogens with zero attached hydrogens (tertiary/aromatic N) is 5. The summed E-state index contributed by atoms with van der Waals surface area (Å²) in [5.74, 6) is -0.415. The molecular weight excluding hydrogens is 566 g/mol. The molecule has 3 aromatic carbocycles. The SMILES string of the molecule is C=CCN1CC(=O)N2[C@@H](CN([C@H](C)c3cccc4cccnc34)C(=O)[C@@H]2Cc2ccc(O)cc2)N1C(=O)CCc1ccccc1.